The molecule has 0 radical (unpaired) electrons. The highest BCUT2D eigenvalue weighted by molar-refractivity contribution is 9.10. The van der Waals surface area contributed by atoms with Gasteiger partial charge in [-0.25, -0.2) is 10.2 Å². The van der Waals surface area contributed by atoms with Gasteiger partial charge in [-0.15, -0.1) is 0 Å². The molecule has 2 aromatic carbocycles. The van der Waals surface area contributed by atoms with Crippen molar-refractivity contribution in [2.75, 3.05) is 6.61 Å². The first-order valence-electron chi connectivity index (χ1n) is 7.09. The van der Waals surface area contributed by atoms with Crippen molar-refractivity contribution in [3.63, 3.8) is 0 Å². The third-order valence-corrected chi connectivity index (χ3v) is 3.63. The molecule has 0 heterocycles. The minimum Gasteiger partial charge on any atom is -0.481 e. The van der Waals surface area contributed by atoms with Gasteiger partial charge in [0.2, 0.25) is 0 Å². The first kappa shape index (κ1) is 19.1. The van der Waals surface area contributed by atoms with Crippen LogP contribution in [0.15, 0.2) is 52.0 Å². The molecule has 0 fully saturated rings. The van der Waals surface area contributed by atoms with Crippen LogP contribution in [0, 0.1) is 10.1 Å². The number of nitro benzene ring substituents is 1. The van der Waals surface area contributed by atoms with E-state index in [0.717, 1.165) is 6.07 Å². The van der Waals surface area contributed by atoms with Gasteiger partial charge in [-0.1, -0.05) is 6.07 Å². The number of halogens is 1. The van der Waals surface area contributed by atoms with E-state index >= 15 is 0 Å². The number of nitrogens with one attached hydrogen (secondary N) is 1. The number of carboxylic acids is 1. The molecule has 134 valence electrons. The number of rotatable bonds is 7. The minimum absolute atomic E-state index is 0.106. The molecular formula is C16H12BrN3O6. The number of aliphatic carboxylic acids is 1. The van der Waals surface area contributed by atoms with Crippen LogP contribution in [0.1, 0.15) is 15.9 Å². The molecule has 2 aromatic rings. The molecule has 0 saturated heterocycles. The molecule has 0 aliphatic heterocycles. The van der Waals surface area contributed by atoms with Crippen molar-refractivity contribution in [1.82, 2.24) is 5.43 Å². The summed E-state index contributed by atoms with van der Waals surface area (Å²) < 4.78 is 5.59. The maximum atomic E-state index is 11.9. The molecule has 2 N–H and O–H groups in total. The standard InChI is InChI=1S/C16H12BrN3O6/c17-13-6-10(4-5-14(13)26-9-15(21)22)8-18-19-16(23)11-2-1-3-12(7-11)20(24)25/h1-8H,9H2,(H,19,23)(H,21,22)/b18-8-. The second kappa shape index (κ2) is 8.72. The highest BCUT2D eigenvalue weighted by atomic mass is 79.9. The highest BCUT2D eigenvalue weighted by Gasteiger charge is 2.10. The van der Waals surface area contributed by atoms with Crippen LogP contribution < -0.4 is 10.2 Å². The van der Waals surface area contributed by atoms with Gasteiger partial charge in [0.25, 0.3) is 11.6 Å². The molecule has 0 atom stereocenters. The van der Waals surface area contributed by atoms with E-state index in [4.69, 9.17) is 9.84 Å². The quantitative estimate of drug-likeness (QED) is 0.401. The van der Waals surface area contributed by atoms with E-state index < -0.39 is 23.4 Å². The van der Waals surface area contributed by atoms with Gasteiger partial charge in [-0.2, -0.15) is 5.10 Å². The lowest BCUT2D eigenvalue weighted by Crippen LogP contribution is -2.17. The van der Waals surface area contributed by atoms with Gasteiger partial charge in [-0.05, 0) is 45.8 Å². The van der Waals surface area contributed by atoms with Gasteiger partial charge in [0, 0.05) is 17.7 Å². The predicted molar refractivity (Wildman–Crippen MR) is 95.4 cm³/mol. The zero-order valence-electron chi connectivity index (χ0n) is 13.1. The maximum Gasteiger partial charge on any atom is 0.341 e. The average Bonchev–Trinajstić information content (AvgIpc) is 2.60. The van der Waals surface area contributed by atoms with E-state index in [-0.39, 0.29) is 11.3 Å². The normalized spacial score (nSPS) is 10.5. The summed E-state index contributed by atoms with van der Waals surface area (Å²) in [6.45, 7) is -0.467. The van der Waals surface area contributed by atoms with E-state index in [1.54, 1.807) is 18.2 Å². The third-order valence-electron chi connectivity index (χ3n) is 3.01. The summed E-state index contributed by atoms with van der Waals surface area (Å²) in [6.07, 6.45) is 1.36. The molecular weight excluding hydrogens is 410 g/mol. The monoisotopic (exact) mass is 421 g/mol. The van der Waals surface area contributed by atoms with Crippen molar-refractivity contribution in [2.45, 2.75) is 0 Å². The van der Waals surface area contributed by atoms with Crippen LogP contribution >= 0.6 is 15.9 Å². The van der Waals surface area contributed by atoms with Crippen LogP contribution in [0.3, 0.4) is 0 Å². The largest absolute Gasteiger partial charge is 0.481 e. The van der Waals surface area contributed by atoms with E-state index in [1.165, 1.54) is 24.4 Å². The first-order chi connectivity index (χ1) is 12.4. The van der Waals surface area contributed by atoms with Crippen molar-refractivity contribution in [3.05, 3.63) is 68.2 Å². The number of hydrazone groups is 1. The second-order valence-electron chi connectivity index (χ2n) is 4.88. The molecule has 1 amide bonds. The fourth-order valence-electron chi connectivity index (χ4n) is 1.84. The van der Waals surface area contributed by atoms with E-state index in [9.17, 15) is 19.7 Å². The molecule has 10 heteroatoms. The molecule has 0 saturated carbocycles. The summed E-state index contributed by atoms with van der Waals surface area (Å²) in [5, 5.41) is 23.1. The number of carbonyl (C=O) groups is 2. The van der Waals surface area contributed by atoms with Gasteiger partial charge in [-0.3, -0.25) is 14.9 Å². The van der Waals surface area contributed by atoms with Crippen LogP contribution in [0.2, 0.25) is 0 Å². The number of nitrogens with zero attached hydrogens (tertiary/aromatic N) is 2. The highest BCUT2D eigenvalue weighted by Crippen LogP contribution is 2.25. The molecule has 26 heavy (non-hydrogen) atoms. The van der Waals surface area contributed by atoms with Crippen molar-refractivity contribution >= 4 is 39.7 Å². The van der Waals surface area contributed by atoms with E-state index in [1.807, 2.05) is 0 Å². The molecule has 9 nitrogen and oxygen atoms in total. The molecule has 0 aromatic heterocycles. The Labute approximate surface area is 155 Å². The zero-order chi connectivity index (χ0) is 19.1. The van der Waals surface area contributed by atoms with Gasteiger partial charge < -0.3 is 9.84 Å². The lowest BCUT2D eigenvalue weighted by atomic mass is 10.2. The first-order valence-corrected chi connectivity index (χ1v) is 7.88. The van der Waals surface area contributed by atoms with Crippen LogP contribution in [-0.2, 0) is 4.79 Å². The number of nitro groups is 1. The Morgan fingerprint density at radius 3 is 2.73 bits per heavy atom. The fraction of sp³-hybridized carbons (Fsp3) is 0.0625. The van der Waals surface area contributed by atoms with E-state index in [0.29, 0.717) is 15.8 Å². The minimum atomic E-state index is -1.09. The fourth-order valence-corrected chi connectivity index (χ4v) is 2.36. The van der Waals surface area contributed by atoms with Crippen LogP contribution in [-0.4, -0.2) is 34.7 Å². The summed E-state index contributed by atoms with van der Waals surface area (Å²) in [6, 6.07) is 10.1. The number of carboxylic acid groups (broad SMARTS) is 1. The summed E-state index contributed by atoms with van der Waals surface area (Å²) in [5.41, 5.74) is 2.80. The summed E-state index contributed by atoms with van der Waals surface area (Å²) >= 11 is 3.25. The molecule has 0 aliphatic carbocycles. The Hall–Kier alpha value is -3.27. The van der Waals surface area contributed by atoms with Gasteiger partial charge in [0.1, 0.15) is 5.75 Å². The van der Waals surface area contributed by atoms with Gasteiger partial charge >= 0.3 is 5.97 Å². The van der Waals surface area contributed by atoms with Crippen molar-refractivity contribution < 1.29 is 24.4 Å². The lowest BCUT2D eigenvalue weighted by molar-refractivity contribution is -0.384. The van der Waals surface area contributed by atoms with Gasteiger partial charge in [0.05, 0.1) is 15.6 Å². The Morgan fingerprint density at radius 1 is 1.31 bits per heavy atom. The lowest BCUT2D eigenvalue weighted by Gasteiger charge is -2.06. The smallest absolute Gasteiger partial charge is 0.341 e. The summed E-state index contributed by atoms with van der Waals surface area (Å²) in [7, 11) is 0. The Kier molecular flexibility index (Phi) is 6.39. The predicted octanol–water partition coefficient (Wildman–Crippen LogP) is 2.58. The van der Waals surface area contributed by atoms with Crippen molar-refractivity contribution in [3.8, 4) is 5.75 Å². The van der Waals surface area contributed by atoms with Gasteiger partial charge in [0.15, 0.2) is 6.61 Å². The molecule has 2 rings (SSSR count). The number of hydrogen-bond acceptors (Lipinski definition) is 6. The SMILES string of the molecule is O=C(O)COc1ccc(/C=N\NC(=O)c2cccc([N+](=O)[O-])c2)cc1Br. The summed E-state index contributed by atoms with van der Waals surface area (Å²) in [4.78, 5) is 32.6. The topological polar surface area (TPSA) is 131 Å². The molecule has 0 bridgehead atoms. The van der Waals surface area contributed by atoms with Crippen LogP contribution in [0.25, 0.3) is 0 Å². The Bertz CT molecular complexity index is 884. The Balaban J connectivity index is 2.00. The van der Waals surface area contributed by atoms with Crippen LogP contribution in [0.4, 0.5) is 5.69 Å². The number of hydrogen-bond donors (Lipinski definition) is 2. The average molecular weight is 422 g/mol. The molecule has 0 unspecified atom stereocenters. The Morgan fingerprint density at radius 2 is 2.08 bits per heavy atom. The van der Waals surface area contributed by atoms with Crippen molar-refractivity contribution in [2.24, 2.45) is 5.10 Å². The number of non-ortho nitro benzene ring substituents is 1. The molecule has 0 spiro atoms. The zero-order valence-corrected chi connectivity index (χ0v) is 14.7. The van der Waals surface area contributed by atoms with Crippen molar-refractivity contribution in [1.29, 1.82) is 0 Å². The number of carbonyl (C=O) groups excluding carboxylic acids is 1. The second-order valence-corrected chi connectivity index (χ2v) is 5.73. The molecule has 0 aliphatic rings. The third kappa shape index (κ3) is 5.38. The van der Waals surface area contributed by atoms with Crippen LogP contribution in [0.5, 0.6) is 5.75 Å². The maximum absolute atomic E-state index is 11.9. The number of ether oxygens (including phenoxy) is 1. The number of benzene rings is 2. The van der Waals surface area contributed by atoms with E-state index in [2.05, 4.69) is 26.5 Å². The number of amides is 1. The summed E-state index contributed by atoms with van der Waals surface area (Å²) in [5.74, 6) is -1.33.